The van der Waals surface area contributed by atoms with Gasteiger partial charge in [0, 0.05) is 0 Å². The molecule has 0 aliphatic rings. The molecule has 0 radical (unpaired) electrons. The van der Waals surface area contributed by atoms with Crippen LogP contribution < -0.4 is 91.2 Å². The Hall–Kier alpha value is 0.516. The number of hydrogen-bond donors (Lipinski definition) is 0. The predicted molar refractivity (Wildman–Crippen MR) is 70.9 cm³/mol. The van der Waals surface area contributed by atoms with E-state index in [0.717, 1.165) is 0 Å². The normalized spacial score (nSPS) is 11.2. The van der Waals surface area contributed by atoms with Gasteiger partial charge in [0.05, 0.1) is 37.0 Å². The van der Waals surface area contributed by atoms with E-state index in [2.05, 4.69) is 9.47 Å². The minimum absolute atomic E-state index is 0. The molecule has 2 atom stereocenters. The summed E-state index contributed by atoms with van der Waals surface area (Å²) in [5, 5.41) is 19.7. The molecule has 0 N–H and O–H groups in total. The number of rotatable bonds is 8. The minimum atomic E-state index is -1.40. The summed E-state index contributed by atoms with van der Waals surface area (Å²) in [7, 11) is 0. The van der Waals surface area contributed by atoms with Crippen molar-refractivity contribution in [3.63, 3.8) is 0 Å². The third-order valence-electron chi connectivity index (χ3n) is 2.39. The number of hydrogen-bond acceptors (Lipinski definition) is 8. The van der Waals surface area contributed by atoms with Gasteiger partial charge in [-0.2, -0.15) is 0 Å². The van der Waals surface area contributed by atoms with Gasteiger partial charge in [0.1, 0.15) is 0 Å². The topological polar surface area (TPSA) is 133 Å². The van der Waals surface area contributed by atoms with Crippen LogP contribution >= 0.6 is 0 Å². The SMILES string of the molecule is CCC(C)OC(=O)CC(=O)[O-].CCC(C)OC(=O)CC(=O)[O-].[K+].[Na+]. The molecule has 0 saturated heterocycles. The van der Waals surface area contributed by atoms with Crippen LogP contribution in [0, 0.1) is 0 Å². The van der Waals surface area contributed by atoms with Crippen molar-refractivity contribution in [1.82, 2.24) is 0 Å². The third-order valence-corrected chi connectivity index (χ3v) is 2.39. The van der Waals surface area contributed by atoms with Crippen LogP contribution in [0.3, 0.4) is 0 Å². The van der Waals surface area contributed by atoms with Crippen LogP contribution in [0.4, 0.5) is 0 Å². The standard InChI is InChI=1S/2C7H12O4.K.Na/c2*1-3-5(2)11-7(10)4-6(8)9;;/h2*5H,3-4H2,1-2H3,(H,8,9);;/q;;2*+1/p-2. The molecule has 0 amide bonds. The molecule has 0 aromatic heterocycles. The van der Waals surface area contributed by atoms with E-state index in [9.17, 15) is 29.4 Å². The van der Waals surface area contributed by atoms with Gasteiger partial charge in [0.2, 0.25) is 0 Å². The van der Waals surface area contributed by atoms with E-state index in [1.54, 1.807) is 13.8 Å². The average molecular weight is 380 g/mol. The quantitative estimate of drug-likeness (QED) is 0.230. The van der Waals surface area contributed by atoms with Crippen LogP contribution in [-0.4, -0.2) is 36.1 Å². The van der Waals surface area contributed by atoms with Gasteiger partial charge in [-0.25, -0.2) is 0 Å². The second-order valence-corrected chi connectivity index (χ2v) is 4.52. The van der Waals surface area contributed by atoms with Gasteiger partial charge >= 0.3 is 92.9 Å². The summed E-state index contributed by atoms with van der Waals surface area (Å²) in [6, 6.07) is 0. The molecular weight excluding hydrogens is 358 g/mol. The predicted octanol–water partition coefficient (Wildman–Crippen LogP) is -7.06. The first-order valence-corrected chi connectivity index (χ1v) is 6.90. The van der Waals surface area contributed by atoms with E-state index in [1.165, 1.54) is 0 Å². The van der Waals surface area contributed by atoms with Gasteiger partial charge in [0.15, 0.2) is 0 Å². The number of carboxylic acid groups (broad SMARTS) is 2. The third kappa shape index (κ3) is 24.8. The fraction of sp³-hybridized carbons (Fsp3) is 0.714. The zero-order chi connectivity index (χ0) is 17.7. The van der Waals surface area contributed by atoms with Crippen LogP contribution in [0.25, 0.3) is 0 Å². The summed E-state index contributed by atoms with van der Waals surface area (Å²) in [4.78, 5) is 40.9. The molecule has 0 aliphatic heterocycles. The molecule has 0 spiro atoms. The Morgan fingerprint density at radius 3 is 1.21 bits per heavy atom. The number of carbonyl (C=O) groups excluding carboxylic acids is 4. The number of ether oxygens (including phenoxy) is 2. The first-order valence-electron chi connectivity index (χ1n) is 6.90. The zero-order valence-corrected chi connectivity index (χ0v) is 20.4. The molecule has 0 aliphatic carbocycles. The van der Waals surface area contributed by atoms with Crippen molar-refractivity contribution in [2.24, 2.45) is 0 Å². The van der Waals surface area contributed by atoms with Crippen molar-refractivity contribution in [3.8, 4) is 0 Å². The molecular formula is C14H22KNaO8. The summed E-state index contributed by atoms with van der Waals surface area (Å²) in [6.45, 7) is 7.09. The maximum absolute atomic E-state index is 10.6. The van der Waals surface area contributed by atoms with Gasteiger partial charge < -0.3 is 29.3 Å². The summed E-state index contributed by atoms with van der Waals surface area (Å²) in [6.07, 6.45) is -0.407. The van der Waals surface area contributed by atoms with Crippen LogP contribution in [0.2, 0.25) is 0 Å². The average Bonchev–Trinajstić information content (AvgIpc) is 2.36. The second-order valence-electron chi connectivity index (χ2n) is 4.52. The molecule has 0 fully saturated rings. The Morgan fingerprint density at radius 1 is 0.792 bits per heavy atom. The molecule has 2 unspecified atom stereocenters. The molecule has 8 nitrogen and oxygen atoms in total. The molecule has 0 heterocycles. The Labute approximate surface area is 206 Å². The van der Waals surface area contributed by atoms with Gasteiger partial charge in [-0.3, -0.25) is 9.59 Å². The van der Waals surface area contributed by atoms with Crippen molar-refractivity contribution < 1.29 is 120 Å². The summed E-state index contributed by atoms with van der Waals surface area (Å²) in [5.41, 5.74) is 0. The van der Waals surface area contributed by atoms with Crippen molar-refractivity contribution in [2.45, 2.75) is 65.6 Å². The molecule has 0 saturated carbocycles. The second kappa shape index (κ2) is 19.8. The van der Waals surface area contributed by atoms with E-state index >= 15 is 0 Å². The largest absolute Gasteiger partial charge is 1.00 e. The first-order chi connectivity index (χ1) is 10.1. The minimum Gasteiger partial charge on any atom is -0.550 e. The van der Waals surface area contributed by atoms with Crippen LogP contribution in [0.1, 0.15) is 53.4 Å². The smallest absolute Gasteiger partial charge is 0.550 e. The van der Waals surface area contributed by atoms with Gasteiger partial charge in [-0.15, -0.1) is 0 Å². The first kappa shape index (κ1) is 32.2. The van der Waals surface area contributed by atoms with Gasteiger partial charge in [-0.05, 0) is 26.7 Å². The van der Waals surface area contributed by atoms with E-state index in [1.807, 2.05) is 13.8 Å². The van der Waals surface area contributed by atoms with Crippen LogP contribution in [-0.2, 0) is 28.7 Å². The van der Waals surface area contributed by atoms with Gasteiger partial charge in [0.25, 0.3) is 0 Å². The van der Waals surface area contributed by atoms with Crippen molar-refractivity contribution in [2.75, 3.05) is 0 Å². The Bertz CT molecular complexity index is 353. The van der Waals surface area contributed by atoms with E-state index < -0.39 is 36.7 Å². The Kier molecular flexibility index (Phi) is 26.6. The monoisotopic (exact) mass is 380 g/mol. The molecule has 0 bridgehead atoms. The van der Waals surface area contributed by atoms with Crippen molar-refractivity contribution in [3.05, 3.63) is 0 Å². The maximum atomic E-state index is 10.6. The molecule has 0 aromatic rings. The summed E-state index contributed by atoms with van der Waals surface area (Å²) in [5.74, 6) is -4.28. The van der Waals surface area contributed by atoms with Gasteiger partial charge in [-0.1, -0.05) is 13.8 Å². The Balaban J connectivity index is -0.000000154. The fourth-order valence-electron chi connectivity index (χ4n) is 0.934. The van der Waals surface area contributed by atoms with Crippen LogP contribution in [0.5, 0.6) is 0 Å². The fourth-order valence-corrected chi connectivity index (χ4v) is 0.934. The van der Waals surface area contributed by atoms with E-state index in [-0.39, 0.29) is 93.1 Å². The number of carbonyl (C=O) groups is 4. The number of aliphatic carboxylic acids is 2. The molecule has 0 aromatic carbocycles. The van der Waals surface area contributed by atoms with Crippen molar-refractivity contribution in [1.29, 1.82) is 0 Å². The molecule has 0 rings (SSSR count). The molecule has 128 valence electrons. The summed E-state index contributed by atoms with van der Waals surface area (Å²) < 4.78 is 9.30. The molecule has 10 heteroatoms. The summed E-state index contributed by atoms with van der Waals surface area (Å²) >= 11 is 0. The van der Waals surface area contributed by atoms with Crippen LogP contribution in [0.15, 0.2) is 0 Å². The zero-order valence-electron chi connectivity index (χ0n) is 15.2. The number of carboxylic acids is 2. The number of esters is 2. The molecule has 24 heavy (non-hydrogen) atoms. The van der Waals surface area contributed by atoms with E-state index in [4.69, 9.17) is 0 Å². The van der Waals surface area contributed by atoms with E-state index in [0.29, 0.717) is 12.8 Å². The van der Waals surface area contributed by atoms with Crippen molar-refractivity contribution >= 4 is 23.9 Å². The Morgan fingerprint density at radius 2 is 1.04 bits per heavy atom. The maximum Gasteiger partial charge on any atom is 1.00 e.